The Hall–Kier alpha value is -3.36. The van der Waals surface area contributed by atoms with Crippen LogP contribution in [-0.2, 0) is 11.3 Å². The smallest absolute Gasteiger partial charge is 0.332 e. The van der Waals surface area contributed by atoms with E-state index in [0.717, 1.165) is 29.0 Å². The van der Waals surface area contributed by atoms with E-state index in [0.29, 0.717) is 30.4 Å². The summed E-state index contributed by atoms with van der Waals surface area (Å²) in [7, 11) is 0. The van der Waals surface area contributed by atoms with Gasteiger partial charge in [-0.2, -0.15) is 5.10 Å². The molecule has 0 radical (unpaired) electrons. The van der Waals surface area contributed by atoms with Crippen LogP contribution in [-0.4, -0.2) is 44.9 Å². The Balaban J connectivity index is 1.48. The van der Waals surface area contributed by atoms with Gasteiger partial charge in [0.25, 0.3) is 5.91 Å². The van der Waals surface area contributed by atoms with Gasteiger partial charge in [-0.15, -0.1) is 0 Å². The van der Waals surface area contributed by atoms with Crippen LogP contribution in [0.15, 0.2) is 40.3 Å². The molecule has 2 aliphatic rings. The fourth-order valence-corrected chi connectivity index (χ4v) is 3.66. The number of aryl methyl sites for hydroxylation is 2. The van der Waals surface area contributed by atoms with Crippen LogP contribution in [0.3, 0.4) is 0 Å². The third kappa shape index (κ3) is 3.55. The molecule has 0 saturated carbocycles. The molecule has 152 valence electrons. The van der Waals surface area contributed by atoms with Crippen molar-refractivity contribution in [2.45, 2.75) is 33.7 Å². The lowest BCUT2D eigenvalue weighted by molar-refractivity contribution is -0.116. The van der Waals surface area contributed by atoms with E-state index in [1.165, 1.54) is 16.0 Å². The van der Waals surface area contributed by atoms with Crippen LogP contribution in [0.5, 0.6) is 0 Å². The second-order valence-electron chi connectivity index (χ2n) is 7.63. The van der Waals surface area contributed by atoms with Gasteiger partial charge in [0.05, 0.1) is 24.1 Å². The number of nitrogens with two attached hydrogens (primary N) is 1. The predicted octanol–water partition coefficient (Wildman–Crippen LogP) is 2.11. The molecule has 1 unspecified atom stereocenters. The Morgan fingerprint density at radius 2 is 2.07 bits per heavy atom. The maximum atomic E-state index is 12.9. The average molecular weight is 396 g/mol. The molecular formula is C20H24N6O3. The molecule has 29 heavy (non-hydrogen) atoms. The molecule has 1 aliphatic carbocycles. The minimum absolute atomic E-state index is 0.0219. The van der Waals surface area contributed by atoms with Crippen LogP contribution >= 0.6 is 0 Å². The fraction of sp³-hybridized carbons (Fsp3) is 0.400. The zero-order valence-electron chi connectivity index (χ0n) is 16.8. The van der Waals surface area contributed by atoms with Crippen LogP contribution < -0.4 is 10.6 Å². The number of hydrogen-bond donors (Lipinski definition) is 1. The van der Waals surface area contributed by atoms with Crippen molar-refractivity contribution in [3.63, 3.8) is 0 Å². The Bertz CT molecular complexity index is 1010. The van der Waals surface area contributed by atoms with E-state index in [1.54, 1.807) is 10.9 Å². The topological polar surface area (TPSA) is 110 Å². The first-order chi connectivity index (χ1) is 13.8. The molecule has 1 fully saturated rings. The number of nitrogens with zero attached hydrogens (tertiary/aromatic N) is 5. The molecule has 0 aromatic carbocycles. The number of carbonyl (C=O) groups is 2. The Morgan fingerprint density at radius 3 is 2.76 bits per heavy atom. The van der Waals surface area contributed by atoms with E-state index in [9.17, 15) is 9.59 Å². The second kappa shape index (κ2) is 7.23. The highest BCUT2D eigenvalue weighted by Crippen LogP contribution is 2.25. The largest absolute Gasteiger partial charge is 0.399 e. The quantitative estimate of drug-likeness (QED) is 0.775. The van der Waals surface area contributed by atoms with Gasteiger partial charge in [0.15, 0.2) is 0 Å². The van der Waals surface area contributed by atoms with Crippen molar-refractivity contribution >= 4 is 17.6 Å². The first kappa shape index (κ1) is 19.0. The van der Waals surface area contributed by atoms with E-state index in [-0.39, 0.29) is 18.5 Å². The van der Waals surface area contributed by atoms with Crippen molar-refractivity contribution in [3.05, 3.63) is 52.8 Å². The number of imide groups is 1. The standard InChI is InChI=1S/C20H24N6O3/c1-12-4-5-15(18(21)6-12)8-24-11-19(27)26(20(24)28)16-7-22-25(9-16)10-17-13(2)23-29-14(17)3/h5-7,9,12H,4,8,10-11,21H2,1-3H3. The van der Waals surface area contributed by atoms with Crippen LogP contribution in [0, 0.1) is 19.8 Å². The Kier molecular flexibility index (Phi) is 4.73. The molecule has 1 aliphatic heterocycles. The first-order valence-corrected chi connectivity index (χ1v) is 9.56. The van der Waals surface area contributed by atoms with Crippen LogP contribution in [0.25, 0.3) is 0 Å². The monoisotopic (exact) mass is 396 g/mol. The summed E-state index contributed by atoms with van der Waals surface area (Å²) < 4.78 is 6.84. The SMILES string of the molecule is Cc1noc(C)c1Cn1cc(N2C(=O)CN(CC3=CCC(C)C=C3N)C2=O)cn1. The summed E-state index contributed by atoms with van der Waals surface area (Å²) in [5.74, 6) is 0.827. The summed E-state index contributed by atoms with van der Waals surface area (Å²) in [6.45, 7) is 6.59. The predicted molar refractivity (Wildman–Crippen MR) is 106 cm³/mol. The Morgan fingerprint density at radius 1 is 1.28 bits per heavy atom. The van der Waals surface area contributed by atoms with E-state index < -0.39 is 0 Å². The molecule has 9 heteroatoms. The van der Waals surface area contributed by atoms with Crippen molar-refractivity contribution in [2.24, 2.45) is 11.7 Å². The van der Waals surface area contributed by atoms with Gasteiger partial charge in [-0.1, -0.05) is 24.2 Å². The molecule has 1 saturated heterocycles. The summed E-state index contributed by atoms with van der Waals surface area (Å²) in [6, 6.07) is -0.362. The van der Waals surface area contributed by atoms with Crippen molar-refractivity contribution in [1.82, 2.24) is 19.8 Å². The lowest BCUT2D eigenvalue weighted by Gasteiger charge is -2.21. The average Bonchev–Trinajstić information content (AvgIpc) is 3.32. The maximum Gasteiger partial charge on any atom is 0.332 e. The minimum Gasteiger partial charge on any atom is -0.399 e. The third-order valence-electron chi connectivity index (χ3n) is 5.35. The number of anilines is 1. The van der Waals surface area contributed by atoms with Crippen molar-refractivity contribution in [1.29, 1.82) is 0 Å². The van der Waals surface area contributed by atoms with Gasteiger partial charge in [0.2, 0.25) is 0 Å². The van der Waals surface area contributed by atoms with Gasteiger partial charge in [-0.25, -0.2) is 9.69 Å². The van der Waals surface area contributed by atoms with E-state index in [1.807, 2.05) is 26.0 Å². The summed E-state index contributed by atoms with van der Waals surface area (Å²) >= 11 is 0. The molecule has 0 bridgehead atoms. The van der Waals surface area contributed by atoms with Gasteiger partial charge >= 0.3 is 6.03 Å². The van der Waals surface area contributed by atoms with Gasteiger partial charge < -0.3 is 15.2 Å². The number of carbonyl (C=O) groups excluding carboxylic acids is 2. The summed E-state index contributed by atoms with van der Waals surface area (Å²) in [6.07, 6.45) is 8.12. The van der Waals surface area contributed by atoms with Crippen molar-refractivity contribution < 1.29 is 14.1 Å². The molecule has 3 heterocycles. The highest BCUT2D eigenvalue weighted by atomic mass is 16.5. The summed E-state index contributed by atoms with van der Waals surface area (Å²) in [5, 5.41) is 8.23. The van der Waals surface area contributed by atoms with Gasteiger partial charge in [-0.3, -0.25) is 9.48 Å². The van der Waals surface area contributed by atoms with Gasteiger partial charge in [-0.05, 0) is 31.8 Å². The van der Waals surface area contributed by atoms with Crippen LogP contribution in [0.1, 0.15) is 30.4 Å². The number of rotatable bonds is 5. The number of urea groups is 1. The van der Waals surface area contributed by atoms with Gasteiger partial charge in [0, 0.05) is 24.0 Å². The van der Waals surface area contributed by atoms with Crippen molar-refractivity contribution in [2.75, 3.05) is 18.0 Å². The molecule has 9 nitrogen and oxygen atoms in total. The number of aromatic nitrogens is 3. The lowest BCUT2D eigenvalue weighted by atomic mass is 9.96. The van der Waals surface area contributed by atoms with Crippen LogP contribution in [0.2, 0.25) is 0 Å². The maximum absolute atomic E-state index is 12.9. The second-order valence-corrected chi connectivity index (χ2v) is 7.63. The van der Waals surface area contributed by atoms with E-state index in [2.05, 4.69) is 17.2 Å². The molecule has 2 aromatic rings. The normalized spacial score (nSPS) is 19.8. The fourth-order valence-electron chi connectivity index (χ4n) is 3.66. The minimum atomic E-state index is -0.362. The summed E-state index contributed by atoms with van der Waals surface area (Å²) in [4.78, 5) is 28.1. The van der Waals surface area contributed by atoms with Crippen LogP contribution in [0.4, 0.5) is 10.5 Å². The zero-order chi connectivity index (χ0) is 20.7. The van der Waals surface area contributed by atoms with E-state index in [4.69, 9.17) is 10.3 Å². The Labute approximate surface area is 168 Å². The molecule has 3 amide bonds. The van der Waals surface area contributed by atoms with E-state index >= 15 is 0 Å². The lowest BCUT2D eigenvalue weighted by Crippen LogP contribution is -2.34. The van der Waals surface area contributed by atoms with Crippen molar-refractivity contribution in [3.8, 4) is 0 Å². The number of allylic oxidation sites excluding steroid dienone is 2. The van der Waals surface area contributed by atoms with Gasteiger partial charge in [0.1, 0.15) is 12.3 Å². The molecule has 1 atom stereocenters. The molecule has 2 aromatic heterocycles. The molecule has 2 N–H and O–H groups in total. The number of amides is 3. The summed E-state index contributed by atoms with van der Waals surface area (Å²) in [5.41, 5.74) is 9.83. The molecular weight excluding hydrogens is 372 g/mol. The highest BCUT2D eigenvalue weighted by molar-refractivity contribution is 6.19. The highest BCUT2D eigenvalue weighted by Gasteiger charge is 2.38. The molecule has 0 spiro atoms. The third-order valence-corrected chi connectivity index (χ3v) is 5.35. The first-order valence-electron chi connectivity index (χ1n) is 9.56. The number of hydrogen-bond acceptors (Lipinski definition) is 6. The molecule has 4 rings (SSSR count). The zero-order valence-corrected chi connectivity index (χ0v) is 16.8.